The Morgan fingerprint density at radius 3 is 2.68 bits per heavy atom. The van der Waals surface area contributed by atoms with Crippen LogP contribution in [0, 0.1) is 0 Å². The number of hydrazone groups is 1. The Bertz CT molecular complexity index is 468. The molecule has 3 rings (SSSR count). The van der Waals surface area contributed by atoms with Crippen molar-refractivity contribution in [3.63, 3.8) is 0 Å². The number of amides is 2. The summed E-state index contributed by atoms with van der Waals surface area (Å²) in [6.45, 7) is 3.23. The van der Waals surface area contributed by atoms with Gasteiger partial charge in [0.2, 0.25) is 0 Å². The zero-order chi connectivity index (χ0) is 13.1. The Balaban J connectivity index is 1.75. The van der Waals surface area contributed by atoms with Crippen molar-refractivity contribution >= 4 is 12.2 Å². The average molecular weight is 258 g/mol. The summed E-state index contributed by atoms with van der Waals surface area (Å²) >= 11 is 0. The normalized spacial score (nSPS) is 22.8. The van der Waals surface area contributed by atoms with E-state index < -0.39 is 0 Å². The van der Waals surface area contributed by atoms with Crippen LogP contribution in [0.15, 0.2) is 35.4 Å². The van der Waals surface area contributed by atoms with Crippen molar-refractivity contribution < 1.29 is 4.79 Å². The van der Waals surface area contributed by atoms with E-state index in [2.05, 4.69) is 22.6 Å². The zero-order valence-corrected chi connectivity index (χ0v) is 10.8. The van der Waals surface area contributed by atoms with Crippen LogP contribution in [0.25, 0.3) is 0 Å². The highest BCUT2D eigenvalue weighted by atomic mass is 16.2. The SMILES string of the molecule is O=C(N1CCNCC1)N1N=CCC1c1ccccc1. The molecule has 5 heteroatoms. The molecule has 5 nitrogen and oxygen atoms in total. The van der Waals surface area contributed by atoms with E-state index in [-0.39, 0.29) is 12.1 Å². The molecule has 2 amide bonds. The number of rotatable bonds is 1. The van der Waals surface area contributed by atoms with Crippen LogP contribution in [-0.4, -0.2) is 48.3 Å². The van der Waals surface area contributed by atoms with Gasteiger partial charge in [0.25, 0.3) is 0 Å². The Morgan fingerprint density at radius 2 is 1.95 bits per heavy atom. The minimum absolute atomic E-state index is 0.0177. The van der Waals surface area contributed by atoms with Crippen molar-refractivity contribution in [1.29, 1.82) is 0 Å². The van der Waals surface area contributed by atoms with Crippen LogP contribution in [0.5, 0.6) is 0 Å². The predicted molar refractivity (Wildman–Crippen MR) is 74.0 cm³/mol. The van der Waals surface area contributed by atoms with E-state index in [4.69, 9.17) is 0 Å². The van der Waals surface area contributed by atoms with Crippen molar-refractivity contribution in [2.75, 3.05) is 26.2 Å². The fourth-order valence-electron chi connectivity index (χ4n) is 2.55. The summed E-state index contributed by atoms with van der Waals surface area (Å²) in [6.07, 6.45) is 2.62. The molecule has 0 aromatic heterocycles. The van der Waals surface area contributed by atoms with Crippen molar-refractivity contribution in [1.82, 2.24) is 15.2 Å². The van der Waals surface area contributed by atoms with E-state index in [1.165, 1.54) is 0 Å². The fourth-order valence-corrected chi connectivity index (χ4v) is 2.55. The zero-order valence-electron chi connectivity index (χ0n) is 10.8. The molecule has 1 saturated heterocycles. The molecule has 1 aromatic carbocycles. The highest BCUT2D eigenvalue weighted by Gasteiger charge is 2.31. The van der Waals surface area contributed by atoms with Gasteiger partial charge in [-0.1, -0.05) is 30.3 Å². The maximum atomic E-state index is 12.5. The molecule has 2 heterocycles. The summed E-state index contributed by atoms with van der Waals surface area (Å²) in [7, 11) is 0. The third-order valence-corrected chi connectivity index (χ3v) is 3.60. The summed E-state index contributed by atoms with van der Waals surface area (Å²) in [5, 5.41) is 9.14. The Labute approximate surface area is 112 Å². The topological polar surface area (TPSA) is 47.9 Å². The van der Waals surface area contributed by atoms with Crippen LogP contribution in [0.1, 0.15) is 18.0 Å². The van der Waals surface area contributed by atoms with Gasteiger partial charge in [-0.05, 0) is 5.56 Å². The molecule has 0 radical (unpaired) electrons. The van der Waals surface area contributed by atoms with Crippen LogP contribution in [0.4, 0.5) is 4.79 Å². The van der Waals surface area contributed by atoms with Crippen molar-refractivity contribution in [2.45, 2.75) is 12.5 Å². The van der Waals surface area contributed by atoms with Crippen LogP contribution >= 0.6 is 0 Å². The Kier molecular flexibility index (Phi) is 3.46. The summed E-state index contributed by atoms with van der Waals surface area (Å²) in [5.74, 6) is 0. The first-order valence-electron chi connectivity index (χ1n) is 6.72. The quantitative estimate of drug-likeness (QED) is 0.828. The summed E-state index contributed by atoms with van der Waals surface area (Å²) in [6, 6.07) is 10.2. The molecule has 2 aliphatic heterocycles. The number of carbonyl (C=O) groups is 1. The lowest BCUT2D eigenvalue weighted by Crippen LogP contribution is -2.50. The number of piperazine rings is 1. The monoisotopic (exact) mass is 258 g/mol. The van der Waals surface area contributed by atoms with Gasteiger partial charge in [0.1, 0.15) is 0 Å². The smallest absolute Gasteiger partial charge is 0.321 e. The fraction of sp³-hybridized carbons (Fsp3) is 0.429. The number of nitrogens with zero attached hydrogens (tertiary/aromatic N) is 3. The minimum Gasteiger partial charge on any atom is -0.321 e. The number of hydrogen-bond donors (Lipinski definition) is 1. The second-order valence-corrected chi connectivity index (χ2v) is 4.82. The van der Waals surface area contributed by atoms with E-state index in [1.807, 2.05) is 29.3 Å². The maximum Gasteiger partial charge on any atom is 0.341 e. The molecule has 2 aliphatic rings. The van der Waals surface area contributed by atoms with Crippen LogP contribution in [0.3, 0.4) is 0 Å². The molecule has 1 unspecified atom stereocenters. The molecule has 100 valence electrons. The van der Waals surface area contributed by atoms with E-state index in [0.29, 0.717) is 0 Å². The number of carbonyl (C=O) groups excluding carboxylic acids is 1. The van der Waals surface area contributed by atoms with E-state index in [1.54, 1.807) is 5.01 Å². The predicted octanol–water partition coefficient (Wildman–Crippen LogP) is 1.44. The van der Waals surface area contributed by atoms with Crippen molar-refractivity contribution in [2.24, 2.45) is 5.10 Å². The number of nitrogens with one attached hydrogen (secondary N) is 1. The lowest BCUT2D eigenvalue weighted by Gasteiger charge is -2.32. The van der Waals surface area contributed by atoms with Crippen molar-refractivity contribution in [3.8, 4) is 0 Å². The second-order valence-electron chi connectivity index (χ2n) is 4.82. The largest absolute Gasteiger partial charge is 0.341 e. The van der Waals surface area contributed by atoms with Gasteiger partial charge in [0.05, 0.1) is 6.04 Å². The van der Waals surface area contributed by atoms with Crippen molar-refractivity contribution in [3.05, 3.63) is 35.9 Å². The standard InChI is InChI=1S/C14H18N4O/c19-14(17-10-8-15-9-11-17)18-13(6-7-16-18)12-4-2-1-3-5-12/h1-5,7,13,15H,6,8-11H2. The van der Waals surface area contributed by atoms with E-state index in [0.717, 1.165) is 38.2 Å². The molecular weight excluding hydrogens is 240 g/mol. The Morgan fingerprint density at radius 1 is 1.21 bits per heavy atom. The molecule has 1 N–H and O–H groups in total. The number of benzene rings is 1. The van der Waals surface area contributed by atoms with Gasteiger partial charge in [-0.3, -0.25) is 0 Å². The molecular formula is C14H18N4O. The molecule has 1 aromatic rings. The highest BCUT2D eigenvalue weighted by Crippen LogP contribution is 2.28. The summed E-state index contributed by atoms with van der Waals surface area (Å²) < 4.78 is 0. The van der Waals surface area contributed by atoms with Crippen LogP contribution < -0.4 is 5.32 Å². The van der Waals surface area contributed by atoms with Gasteiger partial charge in [-0.2, -0.15) is 5.10 Å². The van der Waals surface area contributed by atoms with Gasteiger partial charge < -0.3 is 10.2 Å². The third kappa shape index (κ3) is 2.46. The highest BCUT2D eigenvalue weighted by molar-refractivity contribution is 5.78. The number of urea groups is 1. The van der Waals surface area contributed by atoms with Gasteiger partial charge in [-0.15, -0.1) is 0 Å². The van der Waals surface area contributed by atoms with E-state index >= 15 is 0 Å². The first-order chi connectivity index (χ1) is 9.36. The molecule has 0 bridgehead atoms. The second kappa shape index (κ2) is 5.40. The van der Waals surface area contributed by atoms with Crippen LogP contribution in [-0.2, 0) is 0 Å². The summed E-state index contributed by atoms with van der Waals surface area (Å²) in [5.41, 5.74) is 1.14. The molecule has 1 fully saturated rings. The lowest BCUT2D eigenvalue weighted by molar-refractivity contribution is 0.136. The average Bonchev–Trinajstić information content (AvgIpc) is 2.98. The van der Waals surface area contributed by atoms with Gasteiger partial charge in [0.15, 0.2) is 0 Å². The molecule has 0 saturated carbocycles. The first kappa shape index (κ1) is 12.2. The lowest BCUT2D eigenvalue weighted by atomic mass is 10.1. The summed E-state index contributed by atoms with van der Waals surface area (Å²) in [4.78, 5) is 14.4. The van der Waals surface area contributed by atoms with Gasteiger partial charge in [0, 0.05) is 38.8 Å². The van der Waals surface area contributed by atoms with Crippen LogP contribution in [0.2, 0.25) is 0 Å². The third-order valence-electron chi connectivity index (χ3n) is 3.60. The molecule has 19 heavy (non-hydrogen) atoms. The Hall–Kier alpha value is -1.88. The first-order valence-corrected chi connectivity index (χ1v) is 6.72. The maximum absolute atomic E-state index is 12.5. The number of hydrogen-bond acceptors (Lipinski definition) is 3. The van der Waals surface area contributed by atoms with E-state index in [9.17, 15) is 4.79 Å². The minimum atomic E-state index is 0.0177. The molecule has 1 atom stereocenters. The molecule has 0 spiro atoms. The van der Waals surface area contributed by atoms with Gasteiger partial charge >= 0.3 is 6.03 Å². The van der Waals surface area contributed by atoms with Gasteiger partial charge in [-0.25, -0.2) is 9.80 Å². The molecule has 0 aliphatic carbocycles.